The number of hydrogen-bond donors (Lipinski definition) is 1. The van der Waals surface area contributed by atoms with Crippen LogP contribution in [0.2, 0.25) is 0 Å². The molecule has 1 saturated heterocycles. The van der Waals surface area contributed by atoms with Gasteiger partial charge in [-0.05, 0) is 30.7 Å². The highest BCUT2D eigenvalue weighted by Gasteiger charge is 2.33. The van der Waals surface area contributed by atoms with Crippen molar-refractivity contribution in [2.45, 2.75) is 32.1 Å². The number of aromatic amines is 1. The van der Waals surface area contributed by atoms with Crippen LogP contribution in [0.1, 0.15) is 42.6 Å². The van der Waals surface area contributed by atoms with Gasteiger partial charge in [0.25, 0.3) is 5.91 Å². The molecule has 25 heavy (non-hydrogen) atoms. The molecule has 0 spiro atoms. The first-order valence-electron chi connectivity index (χ1n) is 9.10. The number of nitrogens with one attached hydrogen (secondary N) is 1. The molecule has 0 bridgehead atoms. The maximum atomic E-state index is 12.4. The smallest absolute Gasteiger partial charge is 0.359 e. The van der Waals surface area contributed by atoms with Crippen LogP contribution in [0.3, 0.4) is 0 Å². The highest BCUT2D eigenvalue weighted by atomic mass is 16.5. The summed E-state index contributed by atoms with van der Waals surface area (Å²) >= 11 is 0. The number of likely N-dealkylation sites (tertiary alicyclic amines) is 1. The number of H-pyrrole nitrogens is 1. The third kappa shape index (κ3) is 3.25. The third-order valence-electron chi connectivity index (χ3n) is 5.63. The lowest BCUT2D eigenvalue weighted by Gasteiger charge is -2.41. The molecule has 2 heterocycles. The number of hydrogen-bond acceptors (Lipinski definition) is 4. The maximum absolute atomic E-state index is 12.4. The highest BCUT2D eigenvalue weighted by molar-refractivity contribution is 6.02. The summed E-state index contributed by atoms with van der Waals surface area (Å²) in [6.45, 7) is 1.38. The molecule has 6 nitrogen and oxygen atoms in total. The van der Waals surface area contributed by atoms with Crippen LogP contribution in [-0.4, -0.2) is 46.7 Å². The Balaban J connectivity index is 1.34. The summed E-state index contributed by atoms with van der Waals surface area (Å²) in [7, 11) is 0. The van der Waals surface area contributed by atoms with Crippen LogP contribution in [-0.2, 0) is 9.53 Å². The number of aromatic nitrogens is 2. The third-order valence-corrected chi connectivity index (χ3v) is 5.63. The van der Waals surface area contributed by atoms with Gasteiger partial charge in [-0.3, -0.25) is 9.89 Å². The van der Waals surface area contributed by atoms with E-state index in [9.17, 15) is 9.59 Å². The molecular weight excluding hydrogens is 318 g/mol. The number of fused-ring (bicyclic) bond motifs is 2. The molecule has 1 aromatic carbocycles. The number of carbonyl (C=O) groups is 2. The molecule has 1 aliphatic carbocycles. The average molecular weight is 341 g/mol. The molecule has 4 rings (SSSR count). The number of para-hydroxylation sites is 1. The van der Waals surface area contributed by atoms with Gasteiger partial charge in [-0.1, -0.05) is 37.5 Å². The summed E-state index contributed by atoms with van der Waals surface area (Å²) in [6.07, 6.45) is 6.19. The summed E-state index contributed by atoms with van der Waals surface area (Å²) in [5.41, 5.74) is 1.01. The van der Waals surface area contributed by atoms with Crippen molar-refractivity contribution < 1.29 is 14.3 Å². The Kier molecular flexibility index (Phi) is 4.42. The van der Waals surface area contributed by atoms with Crippen molar-refractivity contribution in [1.82, 2.24) is 15.1 Å². The monoisotopic (exact) mass is 341 g/mol. The summed E-state index contributed by atoms with van der Waals surface area (Å²) in [5.74, 6) is 0.740. The topological polar surface area (TPSA) is 75.3 Å². The summed E-state index contributed by atoms with van der Waals surface area (Å²) in [6, 6.07) is 7.37. The highest BCUT2D eigenvalue weighted by Crippen LogP contribution is 2.36. The molecule has 6 heteroatoms. The summed E-state index contributed by atoms with van der Waals surface area (Å²) in [5, 5.41) is 7.53. The zero-order valence-electron chi connectivity index (χ0n) is 14.2. The second-order valence-electron chi connectivity index (χ2n) is 7.13. The second kappa shape index (κ2) is 6.86. The van der Waals surface area contributed by atoms with Crippen molar-refractivity contribution in [3.05, 3.63) is 30.0 Å². The largest absolute Gasteiger partial charge is 0.451 e. The first kappa shape index (κ1) is 16.1. The van der Waals surface area contributed by atoms with E-state index < -0.39 is 5.97 Å². The number of ether oxygens (including phenoxy) is 1. The van der Waals surface area contributed by atoms with E-state index in [0.717, 1.165) is 30.9 Å². The Bertz CT molecular complexity index is 785. The van der Waals surface area contributed by atoms with E-state index in [0.29, 0.717) is 11.3 Å². The van der Waals surface area contributed by atoms with Crippen molar-refractivity contribution in [1.29, 1.82) is 0 Å². The van der Waals surface area contributed by atoms with Gasteiger partial charge in [0.1, 0.15) is 0 Å². The lowest BCUT2D eigenvalue weighted by Crippen LogP contribution is -2.46. The molecule has 1 aromatic heterocycles. The molecule has 1 saturated carbocycles. The van der Waals surface area contributed by atoms with Gasteiger partial charge in [-0.25, -0.2) is 4.79 Å². The van der Waals surface area contributed by atoms with E-state index in [1.807, 2.05) is 29.2 Å². The Morgan fingerprint density at radius 3 is 2.84 bits per heavy atom. The molecule has 0 radical (unpaired) electrons. The van der Waals surface area contributed by atoms with Gasteiger partial charge in [-0.2, -0.15) is 5.10 Å². The van der Waals surface area contributed by atoms with Crippen molar-refractivity contribution in [3.63, 3.8) is 0 Å². The summed E-state index contributed by atoms with van der Waals surface area (Å²) < 4.78 is 5.23. The number of benzene rings is 1. The zero-order chi connectivity index (χ0) is 17.2. The molecule has 1 aliphatic heterocycles. The van der Waals surface area contributed by atoms with E-state index in [4.69, 9.17) is 4.74 Å². The van der Waals surface area contributed by atoms with Gasteiger partial charge >= 0.3 is 5.97 Å². The fourth-order valence-electron chi connectivity index (χ4n) is 4.23. The van der Waals surface area contributed by atoms with Crippen molar-refractivity contribution in [2.24, 2.45) is 11.8 Å². The molecule has 2 atom stereocenters. The van der Waals surface area contributed by atoms with Gasteiger partial charge in [0.15, 0.2) is 12.3 Å². The van der Waals surface area contributed by atoms with Crippen LogP contribution < -0.4 is 0 Å². The van der Waals surface area contributed by atoms with Crippen LogP contribution in [0.25, 0.3) is 10.9 Å². The van der Waals surface area contributed by atoms with Crippen LogP contribution in [0, 0.1) is 11.8 Å². The molecule has 1 amide bonds. The molecule has 2 fully saturated rings. The molecule has 2 aromatic rings. The van der Waals surface area contributed by atoms with Gasteiger partial charge in [0.05, 0.1) is 5.52 Å². The van der Waals surface area contributed by atoms with Crippen LogP contribution >= 0.6 is 0 Å². The van der Waals surface area contributed by atoms with E-state index in [-0.39, 0.29) is 18.2 Å². The number of carbonyl (C=O) groups excluding carboxylic acids is 2. The molecule has 132 valence electrons. The molecule has 2 aliphatic rings. The van der Waals surface area contributed by atoms with Crippen LogP contribution in [0.15, 0.2) is 24.3 Å². The predicted octanol–water partition coefficient (Wildman–Crippen LogP) is 2.76. The Hall–Kier alpha value is -2.37. The normalized spacial score (nSPS) is 23.3. The van der Waals surface area contributed by atoms with E-state index in [2.05, 4.69) is 10.2 Å². The Morgan fingerprint density at radius 2 is 1.96 bits per heavy atom. The van der Waals surface area contributed by atoms with E-state index >= 15 is 0 Å². The number of esters is 1. The minimum absolute atomic E-state index is 0.0998. The fourth-order valence-corrected chi connectivity index (χ4v) is 4.23. The predicted molar refractivity (Wildman–Crippen MR) is 93.0 cm³/mol. The van der Waals surface area contributed by atoms with E-state index in [1.165, 1.54) is 25.7 Å². The molecular formula is C19H23N3O3. The minimum atomic E-state index is -0.557. The Labute approximate surface area is 146 Å². The lowest BCUT2D eigenvalue weighted by molar-refractivity contribution is -0.137. The maximum Gasteiger partial charge on any atom is 0.359 e. The quantitative estimate of drug-likeness (QED) is 0.871. The van der Waals surface area contributed by atoms with Gasteiger partial charge in [0.2, 0.25) is 0 Å². The van der Waals surface area contributed by atoms with Crippen molar-refractivity contribution >= 4 is 22.8 Å². The number of rotatable bonds is 3. The zero-order valence-corrected chi connectivity index (χ0v) is 14.2. The average Bonchev–Trinajstić information content (AvgIpc) is 3.09. The number of nitrogens with zero attached hydrogens (tertiary/aromatic N) is 2. The van der Waals surface area contributed by atoms with Gasteiger partial charge in [0, 0.05) is 18.5 Å². The SMILES string of the molecule is O=C(OCC(=O)N1CC[C@@H]2CCCC[C@H]2C1)c1n[nH]c2ccccc12. The van der Waals surface area contributed by atoms with Crippen molar-refractivity contribution in [2.75, 3.05) is 19.7 Å². The first-order valence-corrected chi connectivity index (χ1v) is 9.10. The van der Waals surface area contributed by atoms with Crippen LogP contribution in [0.4, 0.5) is 0 Å². The Morgan fingerprint density at radius 1 is 1.16 bits per heavy atom. The minimum Gasteiger partial charge on any atom is -0.451 e. The fraction of sp³-hybridized carbons (Fsp3) is 0.526. The first-order chi connectivity index (χ1) is 12.2. The second-order valence-corrected chi connectivity index (χ2v) is 7.13. The van der Waals surface area contributed by atoms with Crippen LogP contribution in [0.5, 0.6) is 0 Å². The van der Waals surface area contributed by atoms with E-state index in [1.54, 1.807) is 0 Å². The molecule has 0 unspecified atom stereocenters. The lowest BCUT2D eigenvalue weighted by atomic mass is 9.75. The summed E-state index contributed by atoms with van der Waals surface area (Å²) in [4.78, 5) is 26.6. The van der Waals surface area contributed by atoms with Crippen molar-refractivity contribution in [3.8, 4) is 0 Å². The van der Waals surface area contributed by atoms with Gasteiger partial charge in [-0.15, -0.1) is 0 Å². The molecule has 1 N–H and O–H groups in total. The standard InChI is InChI=1S/C19H23N3O3/c23-17(22-10-9-13-5-1-2-6-14(13)11-22)12-25-19(24)18-15-7-3-4-8-16(15)20-21-18/h3-4,7-8,13-14H,1-2,5-6,9-12H2,(H,20,21)/t13-,14-/m0/s1. The number of piperidine rings is 1. The number of amides is 1. The van der Waals surface area contributed by atoms with Gasteiger partial charge < -0.3 is 9.64 Å².